The Kier molecular flexibility index (Phi) is 5.70. The second-order valence-electron chi connectivity index (χ2n) is 4.73. The largest absolute Gasteiger partial charge is 0.461 e. The van der Waals surface area contributed by atoms with Gasteiger partial charge < -0.3 is 4.74 Å². The van der Waals surface area contributed by atoms with Gasteiger partial charge in [-0.25, -0.2) is 13.1 Å². The van der Waals surface area contributed by atoms with Crippen molar-refractivity contribution in [1.82, 2.24) is 4.72 Å². The van der Waals surface area contributed by atoms with Gasteiger partial charge in [0.25, 0.3) is 0 Å². The van der Waals surface area contributed by atoms with Crippen LogP contribution < -0.4 is 4.72 Å². The Hall–Kier alpha value is -1.70. The lowest BCUT2D eigenvalue weighted by Gasteiger charge is -2.07. The quantitative estimate of drug-likeness (QED) is 0.787. The minimum absolute atomic E-state index is 0.00355. The van der Waals surface area contributed by atoms with Crippen molar-refractivity contribution in [3.05, 3.63) is 52.9 Å². The molecule has 0 amide bonds. The first-order valence-corrected chi connectivity index (χ1v) is 9.08. The van der Waals surface area contributed by atoms with Crippen LogP contribution in [0, 0.1) is 6.92 Å². The summed E-state index contributed by atoms with van der Waals surface area (Å²) in [4.78, 5) is 11.6. The van der Waals surface area contributed by atoms with E-state index in [0.29, 0.717) is 0 Å². The highest BCUT2D eigenvalue weighted by molar-refractivity contribution is 7.91. The number of sulfonamides is 1. The minimum atomic E-state index is -3.52. The molecule has 1 aromatic heterocycles. The fourth-order valence-electron chi connectivity index (χ4n) is 1.81. The van der Waals surface area contributed by atoms with E-state index in [0.717, 1.165) is 22.5 Å². The first-order chi connectivity index (χ1) is 10.5. The topological polar surface area (TPSA) is 72.5 Å². The second-order valence-corrected chi connectivity index (χ2v) is 7.67. The molecule has 7 heteroatoms. The van der Waals surface area contributed by atoms with Gasteiger partial charge in [-0.1, -0.05) is 35.9 Å². The molecule has 0 fully saturated rings. The molecule has 0 aliphatic carbocycles. The molecule has 2 aromatic rings. The van der Waals surface area contributed by atoms with Crippen molar-refractivity contribution in [1.29, 1.82) is 0 Å². The Morgan fingerprint density at radius 2 is 2.09 bits per heavy atom. The number of benzene rings is 1. The Bertz CT molecular complexity index is 724. The van der Waals surface area contributed by atoms with Gasteiger partial charge >= 0.3 is 5.97 Å². The monoisotopic (exact) mass is 339 g/mol. The van der Waals surface area contributed by atoms with Gasteiger partial charge in [0, 0.05) is 6.54 Å². The van der Waals surface area contributed by atoms with Gasteiger partial charge in [0.05, 0.1) is 6.42 Å². The fraction of sp³-hybridized carbons (Fsp3) is 0.267. The number of thiophene rings is 1. The van der Waals surface area contributed by atoms with Crippen LogP contribution in [0.2, 0.25) is 0 Å². The summed E-state index contributed by atoms with van der Waals surface area (Å²) in [6.45, 7) is 2.18. The lowest BCUT2D eigenvalue weighted by atomic mass is 10.1. The molecule has 0 saturated carbocycles. The van der Waals surface area contributed by atoms with Crippen molar-refractivity contribution < 1.29 is 17.9 Å². The van der Waals surface area contributed by atoms with E-state index in [9.17, 15) is 13.2 Å². The number of rotatable bonds is 7. The zero-order chi connectivity index (χ0) is 16.0. The molecule has 0 atom stereocenters. The number of ether oxygens (including phenoxy) is 1. The first kappa shape index (κ1) is 16.7. The van der Waals surface area contributed by atoms with Crippen LogP contribution >= 0.6 is 11.3 Å². The first-order valence-electron chi connectivity index (χ1n) is 6.72. The standard InChI is InChI=1S/C15H17NO4S2/c1-12-4-2-5-13(10-12)11-20-14(17)7-8-16-22(18,19)15-6-3-9-21-15/h2-6,9-10,16H,7-8,11H2,1H3. The summed E-state index contributed by atoms with van der Waals surface area (Å²) < 4.78 is 31.4. The molecule has 2 rings (SSSR count). The zero-order valence-electron chi connectivity index (χ0n) is 12.1. The van der Waals surface area contributed by atoms with Crippen molar-refractivity contribution in [2.45, 2.75) is 24.2 Å². The Morgan fingerprint density at radius 1 is 1.27 bits per heavy atom. The highest BCUT2D eigenvalue weighted by Crippen LogP contribution is 2.15. The van der Waals surface area contributed by atoms with Crippen LogP contribution in [-0.2, 0) is 26.2 Å². The number of carbonyl (C=O) groups is 1. The maximum atomic E-state index is 11.8. The highest BCUT2D eigenvalue weighted by atomic mass is 32.2. The van der Waals surface area contributed by atoms with Crippen molar-refractivity contribution in [3.8, 4) is 0 Å². The summed E-state index contributed by atoms with van der Waals surface area (Å²) in [7, 11) is -3.52. The van der Waals surface area contributed by atoms with Crippen LogP contribution in [0.5, 0.6) is 0 Å². The second kappa shape index (κ2) is 7.53. The van der Waals surface area contributed by atoms with Crippen LogP contribution in [0.1, 0.15) is 17.5 Å². The molecule has 1 aromatic carbocycles. The molecule has 1 heterocycles. The van der Waals surface area contributed by atoms with Crippen LogP contribution in [0.25, 0.3) is 0 Å². The average molecular weight is 339 g/mol. The predicted octanol–water partition coefficient (Wildman–Crippen LogP) is 2.47. The molecule has 0 bridgehead atoms. The SMILES string of the molecule is Cc1cccc(COC(=O)CCNS(=O)(=O)c2cccs2)c1. The molecule has 0 unspecified atom stereocenters. The number of aryl methyl sites for hydroxylation is 1. The van der Waals surface area contributed by atoms with Crippen molar-refractivity contribution in [3.63, 3.8) is 0 Å². The van der Waals surface area contributed by atoms with Gasteiger partial charge in [-0.05, 0) is 23.9 Å². The average Bonchev–Trinajstić information content (AvgIpc) is 3.00. The summed E-state index contributed by atoms with van der Waals surface area (Å²) in [5.74, 6) is -0.435. The maximum absolute atomic E-state index is 11.8. The summed E-state index contributed by atoms with van der Waals surface area (Å²) >= 11 is 1.13. The maximum Gasteiger partial charge on any atom is 0.307 e. The lowest BCUT2D eigenvalue weighted by molar-refractivity contribution is -0.144. The third-order valence-electron chi connectivity index (χ3n) is 2.86. The lowest BCUT2D eigenvalue weighted by Crippen LogP contribution is -2.26. The molecule has 0 aliphatic rings. The van der Waals surface area contributed by atoms with E-state index in [2.05, 4.69) is 4.72 Å². The number of esters is 1. The van der Waals surface area contributed by atoms with E-state index in [1.54, 1.807) is 11.4 Å². The minimum Gasteiger partial charge on any atom is -0.461 e. The van der Waals surface area contributed by atoms with E-state index in [4.69, 9.17) is 4.74 Å². The zero-order valence-corrected chi connectivity index (χ0v) is 13.7. The van der Waals surface area contributed by atoms with E-state index < -0.39 is 16.0 Å². The van der Waals surface area contributed by atoms with Crippen molar-refractivity contribution in [2.24, 2.45) is 0 Å². The Morgan fingerprint density at radius 3 is 2.77 bits per heavy atom. The molecule has 0 spiro atoms. The van der Waals surface area contributed by atoms with Gasteiger partial charge in [-0.3, -0.25) is 4.79 Å². The van der Waals surface area contributed by atoms with E-state index in [1.807, 2.05) is 31.2 Å². The van der Waals surface area contributed by atoms with Gasteiger partial charge in [-0.15, -0.1) is 11.3 Å². The molecule has 0 saturated heterocycles. The summed E-state index contributed by atoms with van der Waals surface area (Å²) in [6, 6.07) is 10.9. The van der Waals surface area contributed by atoms with Gasteiger partial charge in [-0.2, -0.15) is 0 Å². The summed E-state index contributed by atoms with van der Waals surface area (Å²) in [5.41, 5.74) is 2.00. The van der Waals surface area contributed by atoms with Gasteiger partial charge in [0.15, 0.2) is 0 Å². The molecular weight excluding hydrogens is 322 g/mol. The van der Waals surface area contributed by atoms with Crippen LogP contribution in [0.4, 0.5) is 0 Å². The molecule has 1 N–H and O–H groups in total. The van der Waals surface area contributed by atoms with E-state index >= 15 is 0 Å². The molecule has 22 heavy (non-hydrogen) atoms. The smallest absolute Gasteiger partial charge is 0.307 e. The Balaban J connectivity index is 1.74. The van der Waals surface area contributed by atoms with Crippen molar-refractivity contribution in [2.75, 3.05) is 6.54 Å². The molecule has 118 valence electrons. The third kappa shape index (κ3) is 4.94. The molecular formula is C15H17NO4S2. The summed E-state index contributed by atoms with van der Waals surface area (Å²) in [6.07, 6.45) is -0.00355. The third-order valence-corrected chi connectivity index (χ3v) is 5.72. The molecule has 0 aliphatic heterocycles. The van der Waals surface area contributed by atoms with Crippen LogP contribution in [-0.4, -0.2) is 20.9 Å². The van der Waals surface area contributed by atoms with Gasteiger partial charge in [0.1, 0.15) is 10.8 Å². The predicted molar refractivity (Wildman–Crippen MR) is 85.1 cm³/mol. The van der Waals surface area contributed by atoms with Gasteiger partial charge in [0.2, 0.25) is 10.0 Å². The van der Waals surface area contributed by atoms with Crippen molar-refractivity contribution >= 4 is 27.3 Å². The van der Waals surface area contributed by atoms with Crippen LogP contribution in [0.15, 0.2) is 46.0 Å². The normalized spacial score (nSPS) is 11.3. The van der Waals surface area contributed by atoms with E-state index in [1.165, 1.54) is 6.07 Å². The number of nitrogens with one attached hydrogen (secondary N) is 1. The number of hydrogen-bond acceptors (Lipinski definition) is 5. The number of carbonyl (C=O) groups excluding carboxylic acids is 1. The highest BCUT2D eigenvalue weighted by Gasteiger charge is 2.15. The number of hydrogen-bond donors (Lipinski definition) is 1. The molecule has 0 radical (unpaired) electrons. The fourth-order valence-corrected chi connectivity index (χ4v) is 3.88. The summed E-state index contributed by atoms with van der Waals surface area (Å²) in [5, 5.41) is 1.69. The molecule has 5 nitrogen and oxygen atoms in total. The Labute approximate surface area is 134 Å². The van der Waals surface area contributed by atoms with Crippen LogP contribution in [0.3, 0.4) is 0 Å². The van der Waals surface area contributed by atoms with E-state index in [-0.39, 0.29) is 23.8 Å².